The van der Waals surface area contributed by atoms with Crippen molar-refractivity contribution >= 4 is 17.7 Å². The quantitative estimate of drug-likeness (QED) is 0.619. The van der Waals surface area contributed by atoms with Crippen LogP contribution in [0.4, 0.5) is 0 Å². The summed E-state index contributed by atoms with van der Waals surface area (Å²) in [6.07, 6.45) is 3.64. The third-order valence-electron chi connectivity index (χ3n) is 3.44. The third-order valence-corrected chi connectivity index (χ3v) is 3.44. The molecule has 1 N–H and O–H groups in total. The fourth-order valence-corrected chi connectivity index (χ4v) is 2.08. The topological polar surface area (TPSA) is 96.9 Å². The number of imidazole rings is 1. The number of ether oxygens (including phenoxy) is 2. The normalized spacial score (nSPS) is 12.7. The van der Waals surface area contributed by atoms with Gasteiger partial charge in [-0.25, -0.2) is 4.79 Å². The zero-order chi connectivity index (χ0) is 17.7. The molecule has 2 heterocycles. The standard InChI is InChI=1S/C17H19N3O4/c1-4-11(3)24-16-13(9-12(10-18)17(21)22)20-8-6-7-14(23-5-2)15(20)19-16/h6-9,11H,4-5H2,1-3H3,(H,21,22). The van der Waals surface area contributed by atoms with Crippen molar-refractivity contribution in [2.75, 3.05) is 6.61 Å². The van der Waals surface area contributed by atoms with Gasteiger partial charge in [0.1, 0.15) is 17.3 Å². The molecule has 0 aliphatic carbocycles. The molecule has 1 unspecified atom stereocenters. The molecule has 0 fully saturated rings. The number of hydrogen-bond donors (Lipinski definition) is 1. The van der Waals surface area contributed by atoms with E-state index in [1.165, 1.54) is 6.08 Å². The van der Waals surface area contributed by atoms with Crippen LogP contribution in [0.1, 0.15) is 32.9 Å². The molecule has 2 aromatic rings. The van der Waals surface area contributed by atoms with Crippen molar-refractivity contribution in [1.82, 2.24) is 9.38 Å². The summed E-state index contributed by atoms with van der Waals surface area (Å²) >= 11 is 0. The maximum Gasteiger partial charge on any atom is 0.346 e. The lowest BCUT2D eigenvalue weighted by atomic mass is 10.2. The highest BCUT2D eigenvalue weighted by atomic mass is 16.5. The Bertz CT molecular complexity index is 817. The number of aromatic nitrogens is 2. The minimum absolute atomic E-state index is 0.104. The van der Waals surface area contributed by atoms with Crippen molar-refractivity contribution in [2.45, 2.75) is 33.3 Å². The van der Waals surface area contributed by atoms with Crippen molar-refractivity contribution in [3.8, 4) is 17.7 Å². The SMILES string of the molecule is CCOc1cccn2c(C=C(C#N)C(=O)O)c(OC(C)CC)nc12. The maximum atomic E-state index is 11.2. The van der Waals surface area contributed by atoms with Crippen LogP contribution in [-0.4, -0.2) is 33.2 Å². The first-order chi connectivity index (χ1) is 11.5. The molecule has 0 bridgehead atoms. The minimum atomic E-state index is -1.30. The lowest BCUT2D eigenvalue weighted by Crippen LogP contribution is -2.11. The van der Waals surface area contributed by atoms with Gasteiger partial charge in [0, 0.05) is 6.20 Å². The van der Waals surface area contributed by atoms with Gasteiger partial charge in [-0.15, -0.1) is 0 Å². The zero-order valence-electron chi connectivity index (χ0n) is 13.8. The van der Waals surface area contributed by atoms with Gasteiger partial charge in [-0.05, 0) is 38.5 Å². The summed E-state index contributed by atoms with van der Waals surface area (Å²) in [6, 6.07) is 5.21. The van der Waals surface area contributed by atoms with Crippen molar-refractivity contribution < 1.29 is 19.4 Å². The Kier molecular flexibility index (Phi) is 5.42. The summed E-state index contributed by atoms with van der Waals surface area (Å²) in [5, 5.41) is 18.1. The molecule has 0 amide bonds. The van der Waals surface area contributed by atoms with E-state index in [2.05, 4.69) is 4.98 Å². The monoisotopic (exact) mass is 329 g/mol. The number of nitrogens with zero attached hydrogens (tertiary/aromatic N) is 3. The second-order valence-electron chi connectivity index (χ2n) is 5.11. The molecule has 0 aliphatic heterocycles. The van der Waals surface area contributed by atoms with Gasteiger partial charge in [0.2, 0.25) is 5.88 Å². The van der Waals surface area contributed by atoms with Crippen LogP contribution in [0.15, 0.2) is 23.9 Å². The highest BCUT2D eigenvalue weighted by Gasteiger charge is 2.19. The van der Waals surface area contributed by atoms with Gasteiger partial charge in [-0.1, -0.05) is 6.92 Å². The number of carboxylic acid groups (broad SMARTS) is 1. The van der Waals surface area contributed by atoms with E-state index in [0.717, 1.165) is 6.42 Å². The summed E-state index contributed by atoms with van der Waals surface area (Å²) in [6.45, 7) is 6.20. The average molecular weight is 329 g/mol. The first-order valence-corrected chi connectivity index (χ1v) is 7.67. The number of carboxylic acids is 1. The van der Waals surface area contributed by atoms with E-state index in [-0.39, 0.29) is 12.0 Å². The number of pyridine rings is 1. The summed E-state index contributed by atoms with van der Waals surface area (Å²) < 4.78 is 13.0. The fraction of sp³-hybridized carbons (Fsp3) is 0.353. The van der Waals surface area contributed by atoms with Crippen LogP contribution < -0.4 is 9.47 Å². The maximum absolute atomic E-state index is 11.2. The van der Waals surface area contributed by atoms with Crippen LogP contribution in [0.5, 0.6) is 11.6 Å². The number of aliphatic carboxylic acids is 1. The molecule has 0 aliphatic rings. The van der Waals surface area contributed by atoms with Gasteiger partial charge in [0.05, 0.1) is 12.7 Å². The lowest BCUT2D eigenvalue weighted by molar-refractivity contribution is -0.132. The Labute approximate surface area is 139 Å². The van der Waals surface area contributed by atoms with Gasteiger partial charge < -0.3 is 14.6 Å². The Morgan fingerprint density at radius 1 is 1.54 bits per heavy atom. The molecule has 0 radical (unpaired) electrons. The van der Waals surface area contributed by atoms with E-state index in [0.29, 0.717) is 23.7 Å². The van der Waals surface area contributed by atoms with Crippen molar-refractivity contribution in [1.29, 1.82) is 5.26 Å². The molecule has 126 valence electrons. The van der Waals surface area contributed by atoms with Crippen molar-refractivity contribution in [3.63, 3.8) is 0 Å². The first kappa shape index (κ1) is 17.3. The van der Waals surface area contributed by atoms with Crippen LogP contribution in [-0.2, 0) is 4.79 Å². The summed E-state index contributed by atoms with van der Waals surface area (Å²) in [7, 11) is 0. The number of carbonyl (C=O) groups is 1. The van der Waals surface area contributed by atoms with E-state index in [1.54, 1.807) is 28.8 Å². The molecular weight excluding hydrogens is 310 g/mol. The molecule has 2 aromatic heterocycles. The molecule has 0 spiro atoms. The second kappa shape index (κ2) is 7.51. The highest BCUT2D eigenvalue weighted by molar-refractivity contribution is 5.96. The minimum Gasteiger partial charge on any atom is -0.490 e. The summed E-state index contributed by atoms with van der Waals surface area (Å²) in [5.74, 6) is -0.476. The Hall–Kier alpha value is -3.01. The van der Waals surface area contributed by atoms with Gasteiger partial charge in [-0.2, -0.15) is 10.2 Å². The van der Waals surface area contributed by atoms with Crippen LogP contribution in [0, 0.1) is 11.3 Å². The smallest absolute Gasteiger partial charge is 0.346 e. The van der Waals surface area contributed by atoms with Crippen molar-refractivity contribution in [3.05, 3.63) is 29.6 Å². The fourth-order valence-electron chi connectivity index (χ4n) is 2.08. The number of fused-ring (bicyclic) bond motifs is 1. The van der Waals surface area contributed by atoms with Crippen LogP contribution >= 0.6 is 0 Å². The summed E-state index contributed by atoms with van der Waals surface area (Å²) in [4.78, 5) is 15.6. The van der Waals surface area contributed by atoms with Gasteiger partial charge in [0.25, 0.3) is 0 Å². The predicted molar refractivity (Wildman–Crippen MR) is 88.0 cm³/mol. The molecular formula is C17H19N3O4. The molecule has 7 nitrogen and oxygen atoms in total. The van der Waals surface area contributed by atoms with E-state index in [4.69, 9.17) is 19.8 Å². The first-order valence-electron chi connectivity index (χ1n) is 7.67. The van der Waals surface area contributed by atoms with Crippen molar-refractivity contribution in [2.24, 2.45) is 0 Å². The Morgan fingerprint density at radius 3 is 2.88 bits per heavy atom. The largest absolute Gasteiger partial charge is 0.490 e. The average Bonchev–Trinajstić information content (AvgIpc) is 2.90. The number of rotatable bonds is 7. The lowest BCUT2D eigenvalue weighted by Gasteiger charge is -2.10. The molecule has 7 heteroatoms. The molecule has 1 atom stereocenters. The zero-order valence-corrected chi connectivity index (χ0v) is 13.8. The van der Waals surface area contributed by atoms with Gasteiger partial charge >= 0.3 is 5.97 Å². The highest BCUT2D eigenvalue weighted by Crippen LogP contribution is 2.29. The third kappa shape index (κ3) is 3.49. The molecule has 0 aromatic carbocycles. The Morgan fingerprint density at radius 2 is 2.29 bits per heavy atom. The van der Waals surface area contributed by atoms with Gasteiger partial charge in [0.15, 0.2) is 11.4 Å². The molecule has 2 rings (SSSR count). The van der Waals surface area contributed by atoms with Gasteiger partial charge in [-0.3, -0.25) is 4.40 Å². The molecule has 0 saturated heterocycles. The Balaban J connectivity index is 2.69. The predicted octanol–water partition coefficient (Wildman–Crippen LogP) is 2.90. The van der Waals surface area contributed by atoms with Crippen LogP contribution in [0.3, 0.4) is 0 Å². The van der Waals surface area contributed by atoms with E-state index in [9.17, 15) is 4.79 Å². The summed E-state index contributed by atoms with van der Waals surface area (Å²) in [5.41, 5.74) is 0.505. The molecule has 0 saturated carbocycles. The number of nitriles is 1. The number of hydrogen-bond acceptors (Lipinski definition) is 5. The van der Waals surface area contributed by atoms with E-state index < -0.39 is 11.5 Å². The van der Waals surface area contributed by atoms with E-state index in [1.807, 2.05) is 20.8 Å². The second-order valence-corrected chi connectivity index (χ2v) is 5.11. The van der Waals surface area contributed by atoms with Crippen LogP contribution in [0.25, 0.3) is 11.7 Å². The molecule has 24 heavy (non-hydrogen) atoms. The van der Waals surface area contributed by atoms with Crippen LogP contribution in [0.2, 0.25) is 0 Å². The van der Waals surface area contributed by atoms with E-state index >= 15 is 0 Å².